The van der Waals surface area contributed by atoms with E-state index in [4.69, 9.17) is 9.47 Å². The number of nitrogens with zero attached hydrogens (tertiary/aromatic N) is 1. The van der Waals surface area contributed by atoms with Crippen molar-refractivity contribution in [2.45, 2.75) is 32.4 Å². The van der Waals surface area contributed by atoms with Gasteiger partial charge in [-0.1, -0.05) is 36.4 Å². The van der Waals surface area contributed by atoms with Crippen LogP contribution in [0.5, 0.6) is 5.75 Å². The van der Waals surface area contributed by atoms with Gasteiger partial charge in [-0.3, -0.25) is 14.4 Å². The van der Waals surface area contributed by atoms with Gasteiger partial charge in [0, 0.05) is 24.7 Å². The monoisotopic (exact) mass is 410 g/mol. The summed E-state index contributed by atoms with van der Waals surface area (Å²) in [6.07, 6.45) is -0.908. The summed E-state index contributed by atoms with van der Waals surface area (Å²) in [4.78, 5) is 38.9. The molecule has 7 nitrogen and oxygen atoms in total. The molecule has 1 fully saturated rings. The number of amides is 2. The Morgan fingerprint density at radius 3 is 2.53 bits per heavy atom. The molecule has 30 heavy (non-hydrogen) atoms. The molecule has 1 N–H and O–H groups in total. The second-order valence-corrected chi connectivity index (χ2v) is 7.33. The van der Waals surface area contributed by atoms with Crippen molar-refractivity contribution in [3.63, 3.8) is 0 Å². The van der Waals surface area contributed by atoms with Gasteiger partial charge in [-0.05, 0) is 31.5 Å². The average Bonchev–Trinajstić information content (AvgIpc) is 3.16. The van der Waals surface area contributed by atoms with Crippen molar-refractivity contribution < 1.29 is 23.9 Å². The summed E-state index contributed by atoms with van der Waals surface area (Å²) >= 11 is 0. The van der Waals surface area contributed by atoms with Crippen LogP contribution < -0.4 is 15.0 Å². The van der Waals surface area contributed by atoms with Gasteiger partial charge in [-0.15, -0.1) is 0 Å². The van der Waals surface area contributed by atoms with E-state index in [1.807, 2.05) is 37.3 Å². The summed E-state index contributed by atoms with van der Waals surface area (Å²) in [7, 11) is 1.55. The van der Waals surface area contributed by atoms with Crippen molar-refractivity contribution in [1.29, 1.82) is 0 Å². The fourth-order valence-corrected chi connectivity index (χ4v) is 3.37. The third-order valence-corrected chi connectivity index (χ3v) is 5.14. The first kappa shape index (κ1) is 21.4. The molecule has 0 aromatic heterocycles. The fourth-order valence-electron chi connectivity index (χ4n) is 3.37. The number of methoxy groups -OCH3 is 1. The van der Waals surface area contributed by atoms with Crippen molar-refractivity contribution in [3.8, 4) is 5.75 Å². The zero-order chi connectivity index (χ0) is 21.7. The summed E-state index contributed by atoms with van der Waals surface area (Å²) in [5, 5.41) is 2.84. The van der Waals surface area contributed by atoms with E-state index < -0.39 is 18.0 Å². The minimum atomic E-state index is -0.954. The predicted octanol–water partition coefficient (Wildman–Crippen LogP) is 2.86. The highest BCUT2D eigenvalue weighted by molar-refractivity contribution is 5.99. The molecular weight excluding hydrogens is 384 g/mol. The van der Waals surface area contributed by atoms with E-state index in [2.05, 4.69) is 5.32 Å². The summed E-state index contributed by atoms with van der Waals surface area (Å²) in [5.74, 6) is -1.09. The van der Waals surface area contributed by atoms with Crippen LogP contribution in [0, 0.1) is 5.92 Å². The van der Waals surface area contributed by atoms with Gasteiger partial charge < -0.3 is 19.7 Å². The lowest BCUT2D eigenvalue weighted by molar-refractivity contribution is -0.158. The molecule has 1 aliphatic rings. The van der Waals surface area contributed by atoms with Crippen LogP contribution in [0.2, 0.25) is 0 Å². The number of carbonyl (C=O) groups is 3. The van der Waals surface area contributed by atoms with Crippen LogP contribution in [0.1, 0.15) is 31.9 Å². The minimum absolute atomic E-state index is 0.0464. The lowest BCUT2D eigenvalue weighted by atomic mass is 10.1. The van der Waals surface area contributed by atoms with Crippen molar-refractivity contribution >= 4 is 23.5 Å². The van der Waals surface area contributed by atoms with Crippen LogP contribution in [-0.4, -0.2) is 37.5 Å². The standard InChI is InChI=1S/C23H26N2O5/c1-15(17-8-5-4-6-9-17)24-22(27)16(2)30-23(28)18-12-21(26)25(14-18)19-10-7-11-20(13-19)29-3/h4-11,13,15-16,18H,12,14H2,1-3H3,(H,24,27). The molecule has 0 aliphatic carbocycles. The van der Waals surface area contributed by atoms with Gasteiger partial charge in [0.25, 0.3) is 5.91 Å². The molecule has 1 heterocycles. The quantitative estimate of drug-likeness (QED) is 0.710. The van der Waals surface area contributed by atoms with E-state index in [0.717, 1.165) is 5.56 Å². The number of hydrogen-bond acceptors (Lipinski definition) is 5. The van der Waals surface area contributed by atoms with Gasteiger partial charge in [0.05, 0.1) is 19.1 Å². The third-order valence-electron chi connectivity index (χ3n) is 5.14. The van der Waals surface area contributed by atoms with Crippen molar-refractivity contribution in [2.24, 2.45) is 5.92 Å². The molecule has 3 unspecified atom stereocenters. The summed E-state index contributed by atoms with van der Waals surface area (Å²) in [6.45, 7) is 3.60. The van der Waals surface area contributed by atoms with Gasteiger partial charge in [-0.2, -0.15) is 0 Å². The van der Waals surface area contributed by atoms with Crippen LogP contribution in [0.15, 0.2) is 54.6 Å². The van der Waals surface area contributed by atoms with E-state index in [-0.39, 0.29) is 30.8 Å². The molecular formula is C23H26N2O5. The maximum absolute atomic E-state index is 12.6. The van der Waals surface area contributed by atoms with Crippen molar-refractivity contribution in [3.05, 3.63) is 60.2 Å². The number of benzene rings is 2. The molecule has 158 valence electrons. The number of esters is 1. The Kier molecular flexibility index (Phi) is 6.72. The number of rotatable bonds is 7. The van der Waals surface area contributed by atoms with Crippen molar-refractivity contribution in [2.75, 3.05) is 18.6 Å². The predicted molar refractivity (Wildman–Crippen MR) is 112 cm³/mol. The number of anilines is 1. The Morgan fingerprint density at radius 2 is 1.83 bits per heavy atom. The Morgan fingerprint density at radius 1 is 1.10 bits per heavy atom. The molecule has 2 aromatic rings. The first-order valence-corrected chi connectivity index (χ1v) is 9.89. The van der Waals surface area contributed by atoms with Crippen molar-refractivity contribution in [1.82, 2.24) is 5.32 Å². The van der Waals surface area contributed by atoms with Gasteiger partial charge >= 0.3 is 5.97 Å². The second kappa shape index (κ2) is 9.43. The highest BCUT2D eigenvalue weighted by Crippen LogP contribution is 2.28. The second-order valence-electron chi connectivity index (χ2n) is 7.33. The zero-order valence-corrected chi connectivity index (χ0v) is 17.3. The normalized spacial score (nSPS) is 17.9. The molecule has 7 heteroatoms. The molecule has 3 rings (SSSR count). The molecule has 2 aromatic carbocycles. The Bertz CT molecular complexity index is 915. The average molecular weight is 410 g/mol. The Labute approximate surface area is 176 Å². The maximum Gasteiger partial charge on any atom is 0.312 e. The summed E-state index contributed by atoms with van der Waals surface area (Å²) in [6, 6.07) is 16.4. The molecule has 0 saturated carbocycles. The van der Waals surface area contributed by atoms with Gasteiger partial charge in [0.1, 0.15) is 5.75 Å². The lowest BCUT2D eigenvalue weighted by Gasteiger charge is -2.20. The summed E-state index contributed by atoms with van der Waals surface area (Å²) < 4.78 is 10.5. The SMILES string of the molecule is COc1cccc(N2CC(C(=O)OC(C)C(=O)NC(C)c3ccccc3)CC2=O)c1. The first-order valence-electron chi connectivity index (χ1n) is 9.89. The molecule has 1 aliphatic heterocycles. The maximum atomic E-state index is 12.6. The largest absolute Gasteiger partial charge is 0.497 e. The molecule has 2 amide bonds. The lowest BCUT2D eigenvalue weighted by Crippen LogP contribution is -2.38. The fraction of sp³-hybridized carbons (Fsp3) is 0.348. The highest BCUT2D eigenvalue weighted by Gasteiger charge is 2.37. The molecule has 3 atom stereocenters. The van der Waals surface area contributed by atoms with Crippen LogP contribution >= 0.6 is 0 Å². The van der Waals surface area contributed by atoms with E-state index in [9.17, 15) is 14.4 Å². The number of hydrogen-bond donors (Lipinski definition) is 1. The number of nitrogens with one attached hydrogen (secondary N) is 1. The smallest absolute Gasteiger partial charge is 0.312 e. The van der Waals surface area contributed by atoms with Gasteiger partial charge in [0.15, 0.2) is 6.10 Å². The van der Waals surface area contributed by atoms with Crippen LogP contribution in [-0.2, 0) is 19.1 Å². The van der Waals surface area contributed by atoms with E-state index in [1.165, 1.54) is 11.8 Å². The third kappa shape index (κ3) is 4.97. The zero-order valence-electron chi connectivity index (χ0n) is 17.3. The number of ether oxygens (including phenoxy) is 2. The van der Waals surface area contributed by atoms with E-state index in [1.54, 1.807) is 31.4 Å². The Hall–Kier alpha value is -3.35. The summed E-state index contributed by atoms with van der Waals surface area (Å²) in [5.41, 5.74) is 1.62. The van der Waals surface area contributed by atoms with E-state index in [0.29, 0.717) is 11.4 Å². The topological polar surface area (TPSA) is 84.9 Å². The van der Waals surface area contributed by atoms with Crippen LogP contribution in [0.25, 0.3) is 0 Å². The molecule has 0 radical (unpaired) electrons. The molecule has 1 saturated heterocycles. The Balaban J connectivity index is 1.56. The number of carbonyl (C=O) groups excluding carboxylic acids is 3. The van der Waals surface area contributed by atoms with Crippen LogP contribution in [0.3, 0.4) is 0 Å². The van der Waals surface area contributed by atoms with Gasteiger partial charge in [0.2, 0.25) is 5.91 Å². The first-order chi connectivity index (χ1) is 14.4. The molecule has 0 spiro atoms. The van der Waals surface area contributed by atoms with E-state index >= 15 is 0 Å². The van der Waals surface area contributed by atoms with Gasteiger partial charge in [-0.25, -0.2) is 0 Å². The molecule has 0 bridgehead atoms. The highest BCUT2D eigenvalue weighted by atomic mass is 16.5. The van der Waals surface area contributed by atoms with Crippen LogP contribution in [0.4, 0.5) is 5.69 Å². The minimum Gasteiger partial charge on any atom is -0.497 e.